The normalized spacial score (nSPS) is 10.9. The largest absolute Gasteiger partial charge is 0.310 e. The van der Waals surface area contributed by atoms with Gasteiger partial charge in [0.25, 0.3) is 0 Å². The fourth-order valence-electron chi connectivity index (χ4n) is 1.90. The van der Waals surface area contributed by atoms with E-state index in [1.54, 1.807) is 6.07 Å². The Kier molecular flexibility index (Phi) is 4.11. The molecule has 2 aromatic rings. The van der Waals surface area contributed by atoms with Crippen LogP contribution in [0.3, 0.4) is 0 Å². The van der Waals surface area contributed by atoms with Crippen molar-refractivity contribution in [3.8, 4) is 11.1 Å². The summed E-state index contributed by atoms with van der Waals surface area (Å²) in [5.41, 5.74) is 3.14. The lowest BCUT2D eigenvalue weighted by Crippen LogP contribution is -2.22. The highest BCUT2D eigenvalue weighted by Gasteiger charge is 2.06. The van der Waals surface area contributed by atoms with Gasteiger partial charge < -0.3 is 5.32 Å². The van der Waals surface area contributed by atoms with Crippen molar-refractivity contribution >= 4 is 0 Å². The molecule has 0 aliphatic rings. The summed E-state index contributed by atoms with van der Waals surface area (Å²) in [4.78, 5) is 0. The minimum atomic E-state index is -0.192. The highest BCUT2D eigenvalue weighted by Crippen LogP contribution is 2.24. The molecule has 0 aliphatic heterocycles. The van der Waals surface area contributed by atoms with Gasteiger partial charge in [0.2, 0.25) is 0 Å². The summed E-state index contributed by atoms with van der Waals surface area (Å²) in [7, 11) is 0. The van der Waals surface area contributed by atoms with Crippen molar-refractivity contribution < 1.29 is 4.39 Å². The third-order valence-corrected chi connectivity index (χ3v) is 2.86. The number of rotatable bonds is 4. The quantitative estimate of drug-likeness (QED) is 0.856. The second-order valence-corrected chi connectivity index (χ2v) is 4.70. The van der Waals surface area contributed by atoms with E-state index >= 15 is 0 Å². The molecule has 0 unspecified atom stereocenters. The van der Waals surface area contributed by atoms with Gasteiger partial charge in [-0.1, -0.05) is 50.2 Å². The van der Waals surface area contributed by atoms with E-state index in [9.17, 15) is 4.39 Å². The summed E-state index contributed by atoms with van der Waals surface area (Å²) in [6.45, 7) is 4.96. The zero-order valence-corrected chi connectivity index (χ0v) is 10.8. The van der Waals surface area contributed by atoms with Crippen LogP contribution in [0.25, 0.3) is 11.1 Å². The fraction of sp³-hybridized carbons (Fsp3) is 0.250. The van der Waals surface area contributed by atoms with E-state index in [0.717, 1.165) is 23.2 Å². The standard InChI is InChI=1S/C16H18FN/c1-12(2)18-11-14-8-9-15(17)10-16(14)13-6-4-3-5-7-13/h3-10,12,18H,11H2,1-2H3. The molecule has 0 radical (unpaired) electrons. The van der Waals surface area contributed by atoms with Gasteiger partial charge in [0.15, 0.2) is 0 Å². The van der Waals surface area contributed by atoms with E-state index in [-0.39, 0.29) is 5.82 Å². The Balaban J connectivity index is 2.35. The molecule has 1 nitrogen and oxygen atoms in total. The first kappa shape index (κ1) is 12.8. The van der Waals surface area contributed by atoms with Crippen molar-refractivity contribution in [2.24, 2.45) is 0 Å². The molecule has 2 rings (SSSR count). The minimum absolute atomic E-state index is 0.192. The average Bonchev–Trinajstić information content (AvgIpc) is 2.38. The second kappa shape index (κ2) is 5.78. The Labute approximate surface area is 108 Å². The summed E-state index contributed by atoms with van der Waals surface area (Å²) in [5.74, 6) is -0.192. The van der Waals surface area contributed by atoms with Gasteiger partial charge in [0, 0.05) is 12.6 Å². The lowest BCUT2D eigenvalue weighted by Gasteiger charge is -2.13. The topological polar surface area (TPSA) is 12.0 Å². The molecule has 0 spiro atoms. The SMILES string of the molecule is CC(C)NCc1ccc(F)cc1-c1ccccc1. The Morgan fingerprint density at radius 1 is 1.06 bits per heavy atom. The Morgan fingerprint density at radius 3 is 2.44 bits per heavy atom. The van der Waals surface area contributed by atoms with E-state index in [1.807, 2.05) is 36.4 Å². The molecule has 0 aromatic heterocycles. The van der Waals surface area contributed by atoms with E-state index in [0.29, 0.717) is 6.04 Å². The molecular formula is C16H18FN. The van der Waals surface area contributed by atoms with Crippen molar-refractivity contribution in [3.63, 3.8) is 0 Å². The molecule has 0 bridgehead atoms. The van der Waals surface area contributed by atoms with Crippen LogP contribution in [0.2, 0.25) is 0 Å². The first-order chi connectivity index (χ1) is 8.66. The molecule has 1 N–H and O–H groups in total. The van der Waals surface area contributed by atoms with E-state index in [1.165, 1.54) is 6.07 Å². The highest BCUT2D eigenvalue weighted by atomic mass is 19.1. The van der Waals surface area contributed by atoms with Gasteiger partial charge in [0.1, 0.15) is 5.82 Å². The molecule has 0 amide bonds. The minimum Gasteiger partial charge on any atom is -0.310 e. The van der Waals surface area contributed by atoms with E-state index in [4.69, 9.17) is 0 Å². The van der Waals surface area contributed by atoms with E-state index < -0.39 is 0 Å². The van der Waals surface area contributed by atoms with Crippen LogP contribution in [0, 0.1) is 5.82 Å². The molecule has 0 saturated heterocycles. The Morgan fingerprint density at radius 2 is 1.78 bits per heavy atom. The zero-order chi connectivity index (χ0) is 13.0. The van der Waals surface area contributed by atoms with Crippen LogP contribution in [0.4, 0.5) is 4.39 Å². The van der Waals surface area contributed by atoms with Crippen LogP contribution in [-0.4, -0.2) is 6.04 Å². The van der Waals surface area contributed by atoms with Gasteiger partial charge in [-0.2, -0.15) is 0 Å². The monoisotopic (exact) mass is 243 g/mol. The summed E-state index contributed by atoms with van der Waals surface area (Å²) >= 11 is 0. The third kappa shape index (κ3) is 3.17. The van der Waals surface area contributed by atoms with Crippen LogP contribution in [0.15, 0.2) is 48.5 Å². The number of benzene rings is 2. The molecule has 2 aromatic carbocycles. The average molecular weight is 243 g/mol. The molecule has 0 heterocycles. The van der Waals surface area contributed by atoms with Gasteiger partial charge in [0.05, 0.1) is 0 Å². The van der Waals surface area contributed by atoms with Crippen molar-refractivity contribution in [1.82, 2.24) is 5.32 Å². The highest BCUT2D eigenvalue weighted by molar-refractivity contribution is 5.67. The van der Waals surface area contributed by atoms with Gasteiger partial charge in [-0.15, -0.1) is 0 Å². The van der Waals surface area contributed by atoms with Gasteiger partial charge >= 0.3 is 0 Å². The van der Waals surface area contributed by atoms with Crippen molar-refractivity contribution in [2.75, 3.05) is 0 Å². The molecule has 94 valence electrons. The summed E-state index contributed by atoms with van der Waals surface area (Å²) in [6.07, 6.45) is 0. The summed E-state index contributed by atoms with van der Waals surface area (Å²) in [6, 6.07) is 15.3. The Hall–Kier alpha value is -1.67. The van der Waals surface area contributed by atoms with Crippen molar-refractivity contribution in [3.05, 3.63) is 59.9 Å². The number of hydrogen-bond donors (Lipinski definition) is 1. The van der Waals surface area contributed by atoms with Crippen molar-refractivity contribution in [2.45, 2.75) is 26.4 Å². The van der Waals surface area contributed by atoms with Crippen LogP contribution in [0.5, 0.6) is 0 Å². The number of nitrogens with one attached hydrogen (secondary N) is 1. The summed E-state index contributed by atoms with van der Waals surface area (Å²) < 4.78 is 13.4. The molecule has 0 atom stereocenters. The first-order valence-corrected chi connectivity index (χ1v) is 6.24. The molecule has 0 aliphatic carbocycles. The number of halogens is 1. The lowest BCUT2D eigenvalue weighted by molar-refractivity contribution is 0.587. The first-order valence-electron chi connectivity index (χ1n) is 6.24. The Bertz CT molecular complexity index is 506. The van der Waals surface area contributed by atoms with Crippen molar-refractivity contribution in [1.29, 1.82) is 0 Å². The number of hydrogen-bond acceptors (Lipinski definition) is 1. The van der Waals surface area contributed by atoms with Crippen LogP contribution in [-0.2, 0) is 6.54 Å². The van der Waals surface area contributed by atoms with Gasteiger partial charge in [-0.05, 0) is 28.8 Å². The van der Waals surface area contributed by atoms with E-state index in [2.05, 4.69) is 19.2 Å². The maximum absolute atomic E-state index is 13.4. The third-order valence-electron chi connectivity index (χ3n) is 2.86. The van der Waals surface area contributed by atoms with Gasteiger partial charge in [-0.3, -0.25) is 0 Å². The molecule has 2 heteroatoms. The second-order valence-electron chi connectivity index (χ2n) is 4.70. The zero-order valence-electron chi connectivity index (χ0n) is 10.8. The van der Waals surface area contributed by atoms with Crippen LogP contribution >= 0.6 is 0 Å². The fourth-order valence-corrected chi connectivity index (χ4v) is 1.90. The predicted octanol–water partition coefficient (Wildman–Crippen LogP) is 3.99. The molecular weight excluding hydrogens is 225 g/mol. The molecule has 0 fully saturated rings. The van der Waals surface area contributed by atoms with Gasteiger partial charge in [-0.25, -0.2) is 4.39 Å². The smallest absolute Gasteiger partial charge is 0.123 e. The van der Waals surface area contributed by atoms with Crippen LogP contribution < -0.4 is 5.32 Å². The lowest BCUT2D eigenvalue weighted by atomic mass is 9.99. The maximum atomic E-state index is 13.4. The maximum Gasteiger partial charge on any atom is 0.123 e. The molecule has 0 saturated carbocycles. The molecule has 18 heavy (non-hydrogen) atoms. The van der Waals surface area contributed by atoms with Crippen LogP contribution in [0.1, 0.15) is 19.4 Å². The predicted molar refractivity (Wildman–Crippen MR) is 73.8 cm³/mol. The summed E-state index contributed by atoms with van der Waals surface area (Å²) in [5, 5.41) is 3.37.